The fraction of sp³-hybridized carbons (Fsp3) is 0. The van der Waals surface area contributed by atoms with E-state index in [0.29, 0.717) is 9.13 Å². The molecular formula is C48H34GeN2. The number of hydrogen-bond acceptors (Lipinski definition) is 0. The Morgan fingerprint density at radius 1 is 0.294 bits per heavy atom. The zero-order chi connectivity index (χ0) is 63.4. The van der Waals surface area contributed by atoms with E-state index >= 15 is 0 Å². The Bertz CT molecular complexity index is 4500. The molecule has 2 aromatic heterocycles. The quantitative estimate of drug-likeness (QED) is 0.150. The van der Waals surface area contributed by atoms with E-state index in [4.69, 9.17) is 26.0 Å². The van der Waals surface area contributed by atoms with Crippen LogP contribution in [0.3, 0.4) is 0 Å². The van der Waals surface area contributed by atoms with Gasteiger partial charge in [-0.1, -0.05) is 12.1 Å². The van der Waals surface area contributed by atoms with E-state index in [2.05, 4.69) is 0 Å². The Hall–Kier alpha value is -6.10. The molecule has 0 aliphatic rings. The molecular weight excluding hydrogens is 677 g/mol. The van der Waals surface area contributed by atoms with Gasteiger partial charge in [0.15, 0.2) is 0 Å². The summed E-state index contributed by atoms with van der Waals surface area (Å²) in [4.78, 5) is 0. The van der Waals surface area contributed by atoms with Crippen LogP contribution in [-0.4, -0.2) is 22.4 Å². The first-order chi connectivity index (χ1) is 39.5. The summed E-state index contributed by atoms with van der Waals surface area (Å²) in [6.45, 7) is 0. The van der Waals surface area contributed by atoms with Crippen molar-refractivity contribution in [1.82, 2.24) is 9.13 Å². The maximum atomic E-state index is 10.5. The normalized spacial score (nSPS) is 21.3. The molecule has 0 aliphatic heterocycles. The van der Waals surface area contributed by atoms with Gasteiger partial charge in [-0.3, -0.25) is 0 Å². The first-order valence-corrected chi connectivity index (χ1v) is 19.0. The summed E-state index contributed by atoms with van der Waals surface area (Å²) in [6, 6.07) is -39.2. The summed E-state index contributed by atoms with van der Waals surface area (Å²) in [5.41, 5.74) is -5.26. The van der Waals surface area contributed by atoms with Crippen LogP contribution in [0.2, 0.25) is 0 Å². The SMILES string of the molecule is [2H]c1c([2H])c([2H])[c]([Ge]([c]2c([2H])c([2H])c([2H])c([2H])c2[2H])([c]2c([2H])c([2H])c([2H])c([2H])c2[2H])[c]2c([2H])c([2H])c([2H])c(-n3c4c([2H])c([2H])c([2H])c([2H])c4c4c([2H])c(-n5c6c([2H])c([2H])c([2H])c([2H])c6c6c([2H])c([2H])c([2H])c([2H])c65)c([2H])c([2H])c43)c2[2H])c([2H])c1[2H]. The van der Waals surface area contributed by atoms with Crippen LogP contribution in [0.25, 0.3) is 55.0 Å². The van der Waals surface area contributed by atoms with Gasteiger partial charge in [0.1, 0.15) is 0 Å². The van der Waals surface area contributed by atoms with Crippen LogP contribution in [-0.2, 0) is 0 Å². The third-order valence-corrected chi connectivity index (χ3v) is 16.6. The molecule has 0 amide bonds. The fourth-order valence-corrected chi connectivity index (χ4v) is 13.6. The predicted molar refractivity (Wildman–Crippen MR) is 219 cm³/mol. The first-order valence-electron chi connectivity index (χ1n) is 31.8. The van der Waals surface area contributed by atoms with E-state index < -0.39 is 291 Å². The van der Waals surface area contributed by atoms with Crippen molar-refractivity contribution in [3.8, 4) is 11.4 Å². The van der Waals surface area contributed by atoms with E-state index in [-0.39, 0.29) is 0 Å². The predicted octanol–water partition coefficient (Wildman–Crippen LogP) is 9.26. The zero-order valence-electron chi connectivity index (χ0n) is 59.4. The summed E-state index contributed by atoms with van der Waals surface area (Å²) in [7, 11) is 0. The Labute approximate surface area is 347 Å². The monoisotopic (exact) mass is 746 g/mol. The van der Waals surface area contributed by atoms with Gasteiger partial charge in [0, 0.05) is 0 Å². The number of hydrogen-bond donors (Lipinski definition) is 0. The van der Waals surface area contributed by atoms with Crippen LogP contribution in [0.4, 0.5) is 0 Å². The van der Waals surface area contributed by atoms with Gasteiger partial charge < -0.3 is 0 Å². The third kappa shape index (κ3) is 4.57. The van der Waals surface area contributed by atoms with Crippen molar-refractivity contribution in [2.24, 2.45) is 0 Å². The van der Waals surface area contributed by atoms with Gasteiger partial charge in [-0.25, -0.2) is 0 Å². The van der Waals surface area contributed by atoms with Crippen LogP contribution in [0.15, 0.2) is 205 Å². The molecule has 2 nitrogen and oxygen atoms in total. The maximum absolute atomic E-state index is 10.5. The summed E-state index contributed by atoms with van der Waals surface area (Å²) >= 11 is -7.50. The molecule has 0 fully saturated rings. The Morgan fingerprint density at radius 3 is 1.16 bits per heavy atom. The van der Waals surface area contributed by atoms with Crippen molar-refractivity contribution in [2.75, 3.05) is 0 Å². The molecule has 2 heterocycles. The molecule has 0 saturated heterocycles. The van der Waals surface area contributed by atoms with Crippen molar-refractivity contribution in [2.45, 2.75) is 0 Å². The van der Waals surface area contributed by atoms with Crippen molar-refractivity contribution in [3.63, 3.8) is 0 Å². The molecule has 8 aromatic carbocycles. The molecule has 240 valence electrons. The number of rotatable bonds is 6. The molecule has 0 atom stereocenters. The Morgan fingerprint density at radius 2 is 0.667 bits per heavy atom. The van der Waals surface area contributed by atoms with Gasteiger partial charge in [-0.05, 0) is 0 Å². The number of nitrogens with zero attached hydrogens (tertiary/aromatic N) is 2. The van der Waals surface area contributed by atoms with Crippen molar-refractivity contribution >= 4 is 74.5 Å². The summed E-state index contributed by atoms with van der Waals surface area (Å²) < 4.78 is 309. The average Bonchev–Trinajstić information content (AvgIpc) is 1.86. The Balaban J connectivity index is 1.56. The first kappa shape index (κ1) is 11.2. The minimum absolute atomic E-state index is 0.513. The van der Waals surface area contributed by atoms with Crippen LogP contribution in [0, 0.1) is 0 Å². The fourth-order valence-electron chi connectivity index (χ4n) is 6.18. The number of fused-ring (bicyclic) bond motifs is 6. The molecule has 10 aromatic rings. The Kier molecular flexibility index (Phi) is 2.65. The van der Waals surface area contributed by atoms with E-state index in [1.54, 1.807) is 0 Å². The zero-order valence-corrected chi connectivity index (χ0v) is 27.5. The molecule has 0 saturated carbocycles. The number of para-hydroxylation sites is 3. The molecule has 0 spiro atoms. The van der Waals surface area contributed by atoms with Gasteiger partial charge in [0.05, 0.1) is 8.22 Å². The molecule has 0 unspecified atom stereocenters. The second-order valence-corrected chi connectivity index (χ2v) is 18.1. The van der Waals surface area contributed by atoms with Gasteiger partial charge >= 0.3 is 327 Å². The molecule has 0 radical (unpaired) electrons. The second-order valence-electron chi connectivity index (χ2n) is 10.8. The molecule has 0 N–H and O–H groups in total. The van der Waals surface area contributed by atoms with E-state index in [1.807, 2.05) is 0 Å². The second kappa shape index (κ2) is 12.0. The summed E-state index contributed by atoms with van der Waals surface area (Å²) in [5.74, 6) is 0. The van der Waals surface area contributed by atoms with E-state index in [1.165, 1.54) is 0 Å². The molecule has 0 aliphatic carbocycles. The molecule has 51 heavy (non-hydrogen) atoms. The molecule has 10 rings (SSSR count). The van der Waals surface area contributed by atoms with Crippen LogP contribution >= 0.6 is 0 Å². The third-order valence-electron chi connectivity index (χ3n) is 8.24. The minimum atomic E-state index is -7.50. The molecule has 3 heteroatoms. The van der Waals surface area contributed by atoms with Crippen molar-refractivity contribution in [3.05, 3.63) is 205 Å². The van der Waals surface area contributed by atoms with Gasteiger partial charge in [0.25, 0.3) is 0 Å². The van der Waals surface area contributed by atoms with Gasteiger partial charge in [0.2, 0.25) is 0 Å². The van der Waals surface area contributed by atoms with Crippen LogP contribution < -0.4 is 17.6 Å². The van der Waals surface area contributed by atoms with E-state index in [9.17, 15) is 20.6 Å². The van der Waals surface area contributed by atoms with E-state index in [0.717, 1.165) is 0 Å². The standard InChI is InChI=1S/C48H34GeN2/c1-4-17-35(18-5-1)49(36-19-6-2-7-20-36,37-21-8-3-9-22-37)38-23-16-24-39(33-38)50-47-30-15-12-27-43(47)44-34-40(31-32-48(44)50)51-45-28-13-10-25-41(45)42-26-11-14-29-46(42)51/h1-34H/i1D,2D,3D,4D,5D,6D,7D,8D,9D,10D,11D,12D,13D,14D,15D,16D,17D,18D,19D,20D,21D,22D,23D,24D,25D,26D,27D,28D,29D,30D,31D,32D,33D,34D. The number of aromatic nitrogens is 2. The van der Waals surface area contributed by atoms with Crippen LogP contribution in [0.1, 0.15) is 46.6 Å². The summed E-state index contributed by atoms with van der Waals surface area (Å²) in [6.07, 6.45) is 0. The molecule has 0 bridgehead atoms. The van der Waals surface area contributed by atoms with Gasteiger partial charge in [-0.2, -0.15) is 0 Å². The average molecular weight is 746 g/mol. The van der Waals surface area contributed by atoms with Crippen molar-refractivity contribution in [1.29, 1.82) is 0 Å². The van der Waals surface area contributed by atoms with Gasteiger partial charge in [-0.15, -0.1) is 0 Å². The summed E-state index contributed by atoms with van der Waals surface area (Å²) in [5, 5.41) is -2.69. The van der Waals surface area contributed by atoms with Crippen molar-refractivity contribution < 1.29 is 46.6 Å². The van der Waals surface area contributed by atoms with Crippen LogP contribution in [0.5, 0.6) is 0 Å². The topological polar surface area (TPSA) is 9.86 Å². The number of benzene rings is 8.